The van der Waals surface area contributed by atoms with Crippen molar-refractivity contribution < 1.29 is 13.2 Å². The maximum absolute atomic E-state index is 12.2. The summed E-state index contributed by atoms with van der Waals surface area (Å²) in [5, 5.41) is 7.09. The van der Waals surface area contributed by atoms with E-state index in [0.717, 1.165) is 5.82 Å². The molecule has 140 valence electrons. The van der Waals surface area contributed by atoms with Crippen LogP contribution in [0.25, 0.3) is 0 Å². The number of nitrogens with one attached hydrogen (secondary N) is 1. The molecule has 2 aromatic rings. The van der Waals surface area contributed by atoms with Crippen LogP contribution in [0.5, 0.6) is 0 Å². The third-order valence-corrected chi connectivity index (χ3v) is 6.30. The largest absolute Gasteiger partial charge is 0.353 e. The highest BCUT2D eigenvalue weighted by Crippen LogP contribution is 2.13. The summed E-state index contributed by atoms with van der Waals surface area (Å²) in [6.45, 7) is 0.495. The summed E-state index contributed by atoms with van der Waals surface area (Å²) in [6.07, 6.45) is 1.81. The number of carbonyl (C=O) groups is 1. The van der Waals surface area contributed by atoms with Crippen LogP contribution in [0.2, 0.25) is 0 Å². The second kappa shape index (κ2) is 7.45. The van der Waals surface area contributed by atoms with E-state index >= 15 is 0 Å². The zero-order chi connectivity index (χ0) is 18.7. The lowest BCUT2D eigenvalue weighted by Crippen LogP contribution is -2.36. The van der Waals surface area contributed by atoms with E-state index in [-0.39, 0.29) is 34.7 Å². The number of hydrogen-bond acceptors (Lipinski definition) is 5. The van der Waals surface area contributed by atoms with Crippen molar-refractivity contribution in [2.24, 2.45) is 7.05 Å². The average Bonchev–Trinajstić information content (AvgIpc) is 2.78. The first kappa shape index (κ1) is 18.4. The number of benzene rings is 1. The molecule has 0 saturated carbocycles. The van der Waals surface area contributed by atoms with Gasteiger partial charge in [-0.15, -0.1) is 0 Å². The molecule has 0 saturated heterocycles. The molecule has 1 unspecified atom stereocenters. The number of aryl methyl sites for hydroxylation is 2. The van der Waals surface area contributed by atoms with Gasteiger partial charge in [0.25, 0.3) is 0 Å². The standard InChI is InChI=1S/C17H22N4O4S/c1-20-17(23)21-11-9-13(7-8-15(21)19-20)18-16(22)10-12-26(24,25)14-5-3-2-4-6-14/h2-6,13H,7-12H2,1H3,(H,18,22). The number of nitrogens with zero attached hydrogens (tertiary/aromatic N) is 3. The Kier molecular flexibility index (Phi) is 5.26. The van der Waals surface area contributed by atoms with E-state index in [1.807, 2.05) is 0 Å². The third-order valence-electron chi connectivity index (χ3n) is 4.57. The molecule has 0 bridgehead atoms. The zero-order valence-corrected chi connectivity index (χ0v) is 15.4. The summed E-state index contributed by atoms with van der Waals surface area (Å²) in [6, 6.07) is 8.03. The second-order valence-corrected chi connectivity index (χ2v) is 8.56. The topological polar surface area (TPSA) is 103 Å². The summed E-state index contributed by atoms with van der Waals surface area (Å²) in [5.41, 5.74) is -0.152. The molecule has 8 nitrogen and oxygen atoms in total. The molecule has 1 aliphatic heterocycles. The Morgan fingerprint density at radius 3 is 2.73 bits per heavy atom. The third kappa shape index (κ3) is 4.04. The average molecular weight is 378 g/mol. The predicted molar refractivity (Wildman–Crippen MR) is 95.4 cm³/mol. The fraction of sp³-hybridized carbons (Fsp3) is 0.471. The van der Waals surface area contributed by atoms with E-state index in [0.29, 0.717) is 25.8 Å². The number of fused-ring (bicyclic) bond motifs is 1. The molecular formula is C17H22N4O4S. The van der Waals surface area contributed by atoms with E-state index in [9.17, 15) is 18.0 Å². The molecule has 0 aliphatic carbocycles. The van der Waals surface area contributed by atoms with Gasteiger partial charge in [0.05, 0.1) is 10.6 Å². The molecular weight excluding hydrogens is 356 g/mol. The van der Waals surface area contributed by atoms with Gasteiger partial charge in [-0.25, -0.2) is 17.9 Å². The van der Waals surface area contributed by atoms with E-state index in [1.54, 1.807) is 29.8 Å². The number of carbonyl (C=O) groups excluding carboxylic acids is 1. The Morgan fingerprint density at radius 1 is 1.27 bits per heavy atom. The van der Waals surface area contributed by atoms with Gasteiger partial charge in [0.15, 0.2) is 9.84 Å². The van der Waals surface area contributed by atoms with Crippen molar-refractivity contribution in [3.05, 3.63) is 46.6 Å². The van der Waals surface area contributed by atoms with Gasteiger partial charge >= 0.3 is 5.69 Å². The van der Waals surface area contributed by atoms with E-state index < -0.39 is 9.84 Å². The molecule has 1 aliphatic rings. The first-order valence-corrected chi connectivity index (χ1v) is 10.2. The minimum absolute atomic E-state index is 0.0833. The molecule has 9 heteroatoms. The van der Waals surface area contributed by atoms with E-state index in [1.165, 1.54) is 16.8 Å². The summed E-state index contributed by atoms with van der Waals surface area (Å²) in [7, 11) is -1.85. The Balaban J connectivity index is 1.54. The minimum atomic E-state index is -3.47. The van der Waals surface area contributed by atoms with Gasteiger partial charge in [-0.3, -0.25) is 9.36 Å². The smallest absolute Gasteiger partial charge is 0.345 e. The normalized spacial score (nSPS) is 17.3. The van der Waals surface area contributed by atoms with Crippen LogP contribution in [-0.2, 0) is 34.6 Å². The first-order valence-electron chi connectivity index (χ1n) is 8.57. The Bertz CT molecular complexity index is 947. The first-order chi connectivity index (χ1) is 12.4. The maximum Gasteiger partial charge on any atom is 0.345 e. The van der Waals surface area contributed by atoms with Crippen LogP contribution in [0.1, 0.15) is 25.1 Å². The lowest BCUT2D eigenvalue weighted by atomic mass is 10.1. The Hall–Kier alpha value is -2.42. The fourth-order valence-corrected chi connectivity index (χ4v) is 4.38. The fourth-order valence-electron chi connectivity index (χ4n) is 3.11. The predicted octanol–water partition coefficient (Wildman–Crippen LogP) is 0.267. The van der Waals surface area contributed by atoms with Crippen molar-refractivity contribution in [3.63, 3.8) is 0 Å². The number of sulfone groups is 1. The molecule has 1 atom stereocenters. The minimum Gasteiger partial charge on any atom is -0.353 e. The van der Waals surface area contributed by atoms with Gasteiger partial charge in [-0.05, 0) is 25.0 Å². The molecule has 0 radical (unpaired) electrons. The van der Waals surface area contributed by atoms with Crippen molar-refractivity contribution in [3.8, 4) is 0 Å². The summed E-state index contributed by atoms with van der Waals surface area (Å²) in [4.78, 5) is 24.3. The molecule has 1 amide bonds. The molecule has 26 heavy (non-hydrogen) atoms. The van der Waals surface area contributed by atoms with Crippen LogP contribution >= 0.6 is 0 Å². The Morgan fingerprint density at radius 2 is 2.00 bits per heavy atom. The van der Waals surface area contributed by atoms with Gasteiger partial charge in [-0.2, -0.15) is 5.10 Å². The highest BCUT2D eigenvalue weighted by molar-refractivity contribution is 7.91. The summed E-state index contributed by atoms with van der Waals surface area (Å²) < 4.78 is 27.4. The van der Waals surface area contributed by atoms with Gasteiger partial charge < -0.3 is 5.32 Å². The van der Waals surface area contributed by atoms with Crippen molar-refractivity contribution in [1.29, 1.82) is 0 Å². The molecule has 1 aromatic heterocycles. The van der Waals surface area contributed by atoms with Crippen molar-refractivity contribution >= 4 is 15.7 Å². The molecule has 0 spiro atoms. The van der Waals surface area contributed by atoms with E-state index in [2.05, 4.69) is 10.4 Å². The molecule has 1 aromatic carbocycles. The molecule has 3 rings (SSSR count). The van der Waals surface area contributed by atoms with Crippen LogP contribution < -0.4 is 11.0 Å². The lowest BCUT2D eigenvalue weighted by molar-refractivity contribution is -0.121. The van der Waals surface area contributed by atoms with Crippen molar-refractivity contribution in [1.82, 2.24) is 19.7 Å². The van der Waals surface area contributed by atoms with Crippen molar-refractivity contribution in [2.75, 3.05) is 5.75 Å². The van der Waals surface area contributed by atoms with Crippen molar-refractivity contribution in [2.45, 2.75) is 43.2 Å². The highest BCUT2D eigenvalue weighted by Gasteiger charge is 2.22. The second-order valence-electron chi connectivity index (χ2n) is 6.45. The summed E-state index contributed by atoms with van der Waals surface area (Å²) in [5.74, 6) is 0.209. The van der Waals surface area contributed by atoms with Gasteiger partial charge in [0.1, 0.15) is 5.82 Å². The quantitative estimate of drug-likeness (QED) is 0.804. The monoisotopic (exact) mass is 378 g/mol. The SMILES string of the molecule is Cn1nc2n(c1=O)CCC(NC(=O)CCS(=O)(=O)c1ccccc1)CC2. The number of aromatic nitrogens is 3. The number of hydrogen-bond donors (Lipinski definition) is 1. The van der Waals surface area contributed by atoms with Crippen LogP contribution in [0.4, 0.5) is 0 Å². The van der Waals surface area contributed by atoms with Crippen LogP contribution in [0.15, 0.2) is 40.0 Å². The summed E-state index contributed by atoms with van der Waals surface area (Å²) >= 11 is 0. The van der Waals surface area contributed by atoms with E-state index in [4.69, 9.17) is 0 Å². The maximum atomic E-state index is 12.2. The zero-order valence-electron chi connectivity index (χ0n) is 14.6. The van der Waals surface area contributed by atoms with Gasteiger partial charge in [-0.1, -0.05) is 18.2 Å². The van der Waals surface area contributed by atoms with Gasteiger partial charge in [0.2, 0.25) is 5.91 Å². The van der Waals surface area contributed by atoms with Crippen LogP contribution in [0.3, 0.4) is 0 Å². The number of rotatable bonds is 5. The number of amides is 1. The molecule has 1 N–H and O–H groups in total. The van der Waals surface area contributed by atoms with Crippen LogP contribution in [0, 0.1) is 0 Å². The Labute approximate surface area is 151 Å². The van der Waals surface area contributed by atoms with Crippen LogP contribution in [-0.4, -0.2) is 40.5 Å². The van der Waals surface area contributed by atoms with Gasteiger partial charge in [0, 0.05) is 32.5 Å². The highest BCUT2D eigenvalue weighted by atomic mass is 32.2. The molecule has 2 heterocycles. The molecule has 0 fully saturated rings. The lowest BCUT2D eigenvalue weighted by Gasteiger charge is -2.16.